The van der Waals surface area contributed by atoms with E-state index in [0.717, 1.165) is 5.52 Å². The molecule has 2 aromatic heterocycles. The first-order valence-corrected chi connectivity index (χ1v) is 10.1. The van der Waals surface area contributed by atoms with E-state index in [0.29, 0.717) is 23.6 Å². The lowest BCUT2D eigenvalue weighted by atomic mass is 10.2. The zero-order valence-electron chi connectivity index (χ0n) is 14.8. The molecular weight excluding hydrogens is 368 g/mol. The van der Waals surface area contributed by atoms with E-state index in [1.165, 1.54) is 0 Å². The summed E-state index contributed by atoms with van der Waals surface area (Å²) in [5.74, 6) is 0.102. The van der Waals surface area contributed by atoms with Crippen molar-refractivity contribution in [2.45, 2.75) is 6.92 Å². The number of nitrogens with zero attached hydrogens (tertiary/aromatic N) is 2. The SMILES string of the molecule is CCOc1ccc(C(=O)NCCS(=O)(=O)Nc2ccn3nccc3c2)cc1. The second-order valence-electron chi connectivity index (χ2n) is 5.75. The van der Waals surface area contributed by atoms with Crippen molar-refractivity contribution < 1.29 is 17.9 Å². The van der Waals surface area contributed by atoms with Crippen molar-refractivity contribution in [1.29, 1.82) is 0 Å². The molecule has 0 aliphatic carbocycles. The minimum Gasteiger partial charge on any atom is -0.494 e. The summed E-state index contributed by atoms with van der Waals surface area (Å²) in [6, 6.07) is 11.7. The van der Waals surface area contributed by atoms with Gasteiger partial charge in [-0.3, -0.25) is 9.52 Å². The number of hydrogen-bond acceptors (Lipinski definition) is 5. The number of sulfonamides is 1. The lowest BCUT2D eigenvalue weighted by Crippen LogP contribution is -2.31. The van der Waals surface area contributed by atoms with Gasteiger partial charge in [-0.2, -0.15) is 5.10 Å². The molecule has 0 radical (unpaired) electrons. The third kappa shape index (κ3) is 4.98. The molecule has 27 heavy (non-hydrogen) atoms. The Labute approximate surface area is 157 Å². The quantitative estimate of drug-likeness (QED) is 0.614. The summed E-state index contributed by atoms with van der Waals surface area (Å²) in [5, 5.41) is 6.66. The van der Waals surface area contributed by atoms with Gasteiger partial charge < -0.3 is 10.1 Å². The second kappa shape index (κ2) is 8.09. The van der Waals surface area contributed by atoms with E-state index in [4.69, 9.17) is 4.74 Å². The smallest absolute Gasteiger partial charge is 0.251 e. The normalized spacial score (nSPS) is 11.3. The first-order valence-electron chi connectivity index (χ1n) is 8.42. The average Bonchev–Trinajstić information content (AvgIpc) is 3.09. The van der Waals surface area contributed by atoms with E-state index in [1.54, 1.807) is 59.4 Å². The number of ether oxygens (including phenoxy) is 1. The van der Waals surface area contributed by atoms with Crippen LogP contribution in [0.4, 0.5) is 5.69 Å². The highest BCUT2D eigenvalue weighted by Crippen LogP contribution is 2.13. The fourth-order valence-electron chi connectivity index (χ4n) is 2.49. The van der Waals surface area contributed by atoms with E-state index >= 15 is 0 Å². The highest BCUT2D eigenvalue weighted by atomic mass is 32.2. The van der Waals surface area contributed by atoms with Gasteiger partial charge in [0.1, 0.15) is 5.75 Å². The number of amides is 1. The topological polar surface area (TPSA) is 102 Å². The van der Waals surface area contributed by atoms with Crippen LogP contribution in [0.15, 0.2) is 54.9 Å². The summed E-state index contributed by atoms with van der Waals surface area (Å²) in [4.78, 5) is 12.1. The first kappa shape index (κ1) is 18.7. The number of carbonyl (C=O) groups excluding carboxylic acids is 1. The summed E-state index contributed by atoms with van der Waals surface area (Å²) >= 11 is 0. The van der Waals surface area contributed by atoms with Crippen molar-refractivity contribution in [3.8, 4) is 5.75 Å². The number of aromatic nitrogens is 2. The molecule has 0 aliphatic rings. The Morgan fingerprint density at radius 2 is 1.96 bits per heavy atom. The predicted octanol–water partition coefficient (Wildman–Crippen LogP) is 1.90. The standard InChI is InChI=1S/C18H20N4O4S/c1-2-26-17-5-3-14(4-6-17)18(23)19-10-12-27(24,25)21-15-8-11-22-16(13-15)7-9-20-22/h3-9,11,13,21H,2,10,12H2,1H3,(H,19,23). The summed E-state index contributed by atoms with van der Waals surface area (Å²) in [7, 11) is -3.59. The highest BCUT2D eigenvalue weighted by molar-refractivity contribution is 7.92. The van der Waals surface area contributed by atoms with Crippen molar-refractivity contribution >= 4 is 27.1 Å². The van der Waals surface area contributed by atoms with Gasteiger partial charge in [-0.25, -0.2) is 12.9 Å². The lowest BCUT2D eigenvalue weighted by Gasteiger charge is -2.10. The van der Waals surface area contributed by atoms with Gasteiger partial charge in [0, 0.05) is 24.5 Å². The van der Waals surface area contributed by atoms with Crippen molar-refractivity contribution in [3.63, 3.8) is 0 Å². The zero-order chi connectivity index (χ0) is 19.3. The number of benzene rings is 1. The van der Waals surface area contributed by atoms with Gasteiger partial charge in [0.25, 0.3) is 5.91 Å². The molecule has 1 amide bonds. The van der Waals surface area contributed by atoms with E-state index in [-0.39, 0.29) is 18.2 Å². The second-order valence-corrected chi connectivity index (χ2v) is 7.59. The van der Waals surface area contributed by atoms with Crippen LogP contribution in [0.25, 0.3) is 5.52 Å². The third-order valence-corrected chi connectivity index (χ3v) is 5.05. The van der Waals surface area contributed by atoms with Crippen LogP contribution in [0.3, 0.4) is 0 Å². The van der Waals surface area contributed by atoms with Crippen LogP contribution in [0.5, 0.6) is 5.75 Å². The molecule has 142 valence electrons. The molecule has 0 bridgehead atoms. The van der Waals surface area contributed by atoms with Crippen molar-refractivity contribution in [3.05, 3.63) is 60.4 Å². The van der Waals surface area contributed by atoms with Gasteiger partial charge >= 0.3 is 0 Å². The van der Waals surface area contributed by atoms with Gasteiger partial charge in [0.2, 0.25) is 10.0 Å². The van der Waals surface area contributed by atoms with Gasteiger partial charge in [-0.05, 0) is 49.4 Å². The third-order valence-electron chi connectivity index (χ3n) is 3.76. The minimum atomic E-state index is -3.59. The molecule has 0 spiro atoms. The van der Waals surface area contributed by atoms with Crippen LogP contribution in [0.1, 0.15) is 17.3 Å². The lowest BCUT2D eigenvalue weighted by molar-refractivity contribution is 0.0956. The molecule has 2 heterocycles. The molecule has 0 aliphatic heterocycles. The van der Waals surface area contributed by atoms with Gasteiger partial charge in [0.05, 0.1) is 23.6 Å². The monoisotopic (exact) mass is 388 g/mol. The maximum Gasteiger partial charge on any atom is 0.251 e. The van der Waals surface area contributed by atoms with Crippen LogP contribution in [0.2, 0.25) is 0 Å². The largest absolute Gasteiger partial charge is 0.494 e. The summed E-state index contributed by atoms with van der Waals surface area (Å²) in [5.41, 5.74) is 1.66. The minimum absolute atomic E-state index is 0.00367. The molecule has 0 saturated heterocycles. The number of fused-ring (bicyclic) bond motifs is 1. The summed E-state index contributed by atoms with van der Waals surface area (Å²) in [6.45, 7) is 2.42. The maximum absolute atomic E-state index is 12.2. The van der Waals surface area contributed by atoms with Crippen molar-refractivity contribution in [2.24, 2.45) is 0 Å². The molecule has 3 rings (SSSR count). The summed E-state index contributed by atoms with van der Waals surface area (Å²) in [6.07, 6.45) is 3.30. The number of anilines is 1. The molecule has 0 unspecified atom stereocenters. The van der Waals surface area contributed by atoms with Gasteiger partial charge in [-0.1, -0.05) is 0 Å². The first-order chi connectivity index (χ1) is 13.0. The molecule has 3 aromatic rings. The molecular formula is C18H20N4O4S. The molecule has 8 nitrogen and oxygen atoms in total. The van der Waals surface area contributed by atoms with E-state index in [1.807, 2.05) is 6.92 Å². The summed E-state index contributed by atoms with van der Waals surface area (Å²) < 4.78 is 33.9. The Bertz CT molecular complexity index is 1030. The molecule has 0 saturated carbocycles. The Balaban J connectivity index is 1.52. The fourth-order valence-corrected chi connectivity index (χ4v) is 3.44. The van der Waals surface area contributed by atoms with E-state index < -0.39 is 10.0 Å². The molecule has 9 heteroatoms. The Morgan fingerprint density at radius 1 is 1.19 bits per heavy atom. The predicted molar refractivity (Wildman–Crippen MR) is 103 cm³/mol. The molecule has 0 atom stereocenters. The molecule has 2 N–H and O–H groups in total. The Morgan fingerprint density at radius 3 is 2.70 bits per heavy atom. The number of pyridine rings is 1. The zero-order valence-corrected chi connectivity index (χ0v) is 15.6. The molecule has 0 fully saturated rings. The van der Waals surface area contributed by atoms with Crippen LogP contribution < -0.4 is 14.8 Å². The molecule has 1 aromatic carbocycles. The van der Waals surface area contributed by atoms with Crippen LogP contribution in [-0.4, -0.2) is 42.8 Å². The van der Waals surface area contributed by atoms with Crippen LogP contribution in [-0.2, 0) is 10.0 Å². The van der Waals surface area contributed by atoms with E-state index in [2.05, 4.69) is 15.1 Å². The van der Waals surface area contributed by atoms with Gasteiger partial charge in [0.15, 0.2) is 0 Å². The van der Waals surface area contributed by atoms with Crippen LogP contribution in [0, 0.1) is 0 Å². The van der Waals surface area contributed by atoms with Gasteiger partial charge in [-0.15, -0.1) is 0 Å². The number of hydrogen-bond donors (Lipinski definition) is 2. The average molecular weight is 388 g/mol. The number of nitrogens with one attached hydrogen (secondary N) is 2. The Hall–Kier alpha value is -3.07. The number of carbonyl (C=O) groups is 1. The number of rotatable bonds is 8. The van der Waals surface area contributed by atoms with Crippen LogP contribution >= 0.6 is 0 Å². The highest BCUT2D eigenvalue weighted by Gasteiger charge is 2.12. The van der Waals surface area contributed by atoms with Crippen molar-refractivity contribution in [2.75, 3.05) is 23.6 Å². The van der Waals surface area contributed by atoms with E-state index in [9.17, 15) is 13.2 Å². The maximum atomic E-state index is 12.2. The van der Waals surface area contributed by atoms with Crippen molar-refractivity contribution in [1.82, 2.24) is 14.9 Å². The fraction of sp³-hybridized carbons (Fsp3) is 0.222. The Kier molecular flexibility index (Phi) is 5.60.